The quantitative estimate of drug-likeness (QED) is 0.0780. The lowest BCUT2D eigenvalue weighted by atomic mass is 9.56. The van der Waals surface area contributed by atoms with Crippen molar-refractivity contribution in [3.63, 3.8) is 0 Å². The molecule has 0 aromatic heterocycles. The first kappa shape index (κ1) is 94.9. The second-order valence-electron chi connectivity index (χ2n) is 39.7. The number of cyclic esters (lactones) is 24. The molecular weight excluding hydrogens is 1840 g/mol. The number of esters is 24. The number of aryl methyl sites for hydroxylation is 4. The van der Waals surface area contributed by atoms with Crippen molar-refractivity contribution in [1.29, 1.82) is 0 Å². The summed E-state index contributed by atoms with van der Waals surface area (Å²) >= 11 is 0. The van der Waals surface area contributed by atoms with Crippen molar-refractivity contribution in [3.8, 4) is 0 Å². The van der Waals surface area contributed by atoms with Gasteiger partial charge in [-0.3, -0.25) is 115 Å². The van der Waals surface area contributed by atoms with Gasteiger partial charge in [0.25, 0.3) is 0 Å². The Morgan fingerprint density at radius 3 is 0.915 bits per heavy atom. The zero-order valence-corrected chi connectivity index (χ0v) is 76.8. The first-order valence-electron chi connectivity index (χ1n) is 46.7. The Morgan fingerprint density at radius 1 is 0.234 bits per heavy atom. The van der Waals surface area contributed by atoms with Crippen molar-refractivity contribution in [2.45, 2.75) is 208 Å². The number of carbonyl (C=O) groups excluding carboxylic acids is 24. The van der Waals surface area contributed by atoms with Crippen LogP contribution in [0.4, 0.5) is 0 Å². The van der Waals surface area contributed by atoms with Crippen LogP contribution in [0.15, 0.2) is 121 Å². The molecular formula is C105H90O36. The van der Waals surface area contributed by atoms with E-state index in [1.165, 1.54) is 0 Å². The molecule has 36 heteroatoms. The lowest BCUT2D eigenvalue weighted by molar-refractivity contribution is -0.156. The van der Waals surface area contributed by atoms with Crippen LogP contribution < -0.4 is 0 Å². The molecule has 6 aliphatic carbocycles. The van der Waals surface area contributed by atoms with Crippen LogP contribution in [0.1, 0.15) is 253 Å². The molecule has 0 N–H and O–H groups in total. The molecule has 6 aromatic rings. The molecule has 24 atom stereocenters. The second-order valence-corrected chi connectivity index (χ2v) is 39.7. The van der Waals surface area contributed by atoms with Gasteiger partial charge >= 0.3 is 143 Å². The van der Waals surface area contributed by atoms with E-state index in [0.29, 0.717) is 37.7 Å². The maximum absolute atomic E-state index is 12.3. The highest BCUT2D eigenvalue weighted by molar-refractivity contribution is 6.08. The number of rotatable bonds is 8. The van der Waals surface area contributed by atoms with Crippen molar-refractivity contribution in [1.82, 2.24) is 0 Å². The van der Waals surface area contributed by atoms with E-state index in [0.717, 1.165) is 89.9 Å². The van der Waals surface area contributed by atoms with E-state index in [-0.39, 0.29) is 69.1 Å². The number of hydrogen-bond donors (Lipinski definition) is 0. The van der Waals surface area contributed by atoms with Crippen LogP contribution in [0.5, 0.6) is 0 Å². The third-order valence-corrected chi connectivity index (χ3v) is 32.1. The van der Waals surface area contributed by atoms with E-state index in [2.05, 4.69) is 9.47 Å². The zero-order valence-electron chi connectivity index (χ0n) is 76.8. The molecule has 0 spiro atoms. The third kappa shape index (κ3) is 16.1. The van der Waals surface area contributed by atoms with Crippen LogP contribution in [0, 0.1) is 91.8 Å². The van der Waals surface area contributed by atoms with Crippen molar-refractivity contribution in [2.24, 2.45) is 71.0 Å². The number of carbonyl (C=O) groups is 24. The molecule has 0 amide bonds. The molecule has 24 rings (SSSR count). The van der Waals surface area contributed by atoms with Gasteiger partial charge in [-0.1, -0.05) is 166 Å². The van der Waals surface area contributed by atoms with Gasteiger partial charge in [-0.2, -0.15) is 0 Å². The normalized spacial score (nSPS) is 33.5. The minimum absolute atomic E-state index is 0.00138. The Hall–Kier alpha value is -15.0. The Labute approximate surface area is 800 Å². The summed E-state index contributed by atoms with van der Waals surface area (Å²) in [6, 6.07) is 37.2. The Morgan fingerprint density at radius 2 is 0.525 bits per heavy atom. The Balaban J connectivity index is 0.000000108. The number of hydrogen-bond acceptors (Lipinski definition) is 36. The molecule has 0 radical (unpaired) electrons. The highest BCUT2D eigenvalue weighted by atomic mass is 16.6. The van der Waals surface area contributed by atoms with Gasteiger partial charge in [-0.15, -0.1) is 0 Å². The molecule has 12 saturated heterocycles. The molecule has 12 aliphatic heterocycles. The predicted octanol–water partition coefficient (Wildman–Crippen LogP) is 8.68. The molecule has 0 saturated carbocycles. The smallest absolute Gasteiger partial charge is 0.321 e. The van der Waals surface area contributed by atoms with E-state index in [4.69, 9.17) is 47.4 Å². The average Bonchev–Trinajstić information content (AvgIpc) is 1.60. The molecule has 18 aliphatic rings. The van der Waals surface area contributed by atoms with E-state index in [1.807, 2.05) is 146 Å². The summed E-state index contributed by atoms with van der Waals surface area (Å²) in [7, 11) is 0. The van der Waals surface area contributed by atoms with Crippen LogP contribution in [-0.4, -0.2) is 143 Å². The maximum atomic E-state index is 12.3. The number of ether oxygens (including phenoxy) is 12. The fourth-order valence-electron chi connectivity index (χ4n) is 25.4. The number of benzene rings is 6. The van der Waals surface area contributed by atoms with E-state index < -0.39 is 266 Å². The van der Waals surface area contributed by atoms with Gasteiger partial charge < -0.3 is 56.8 Å². The topological polar surface area (TPSA) is 520 Å². The Kier molecular flexibility index (Phi) is 24.0. The summed E-state index contributed by atoms with van der Waals surface area (Å²) in [5.74, 6) is -25.1. The molecule has 141 heavy (non-hydrogen) atoms. The largest absolute Gasteiger partial charge is 0.393 e. The summed E-state index contributed by atoms with van der Waals surface area (Å²) in [5, 5.41) is 0. The summed E-state index contributed by atoms with van der Waals surface area (Å²) in [5.41, 5.74) is 11.1. The summed E-state index contributed by atoms with van der Waals surface area (Å²) in [6.45, 7) is 13.4. The van der Waals surface area contributed by atoms with Crippen LogP contribution in [-0.2, 0) is 195 Å². The van der Waals surface area contributed by atoms with Gasteiger partial charge in [-0.05, 0) is 162 Å². The van der Waals surface area contributed by atoms with Crippen molar-refractivity contribution in [2.75, 3.05) is 0 Å². The minimum atomic E-state index is -0.753. The van der Waals surface area contributed by atoms with Crippen LogP contribution >= 0.6 is 0 Å². The molecule has 24 unspecified atom stereocenters. The first-order chi connectivity index (χ1) is 67.1. The van der Waals surface area contributed by atoms with Crippen LogP contribution in [0.3, 0.4) is 0 Å². The number of fused-ring (bicyclic) bond motifs is 18. The Bertz CT molecular complexity index is 6700. The highest BCUT2D eigenvalue weighted by Crippen LogP contribution is 2.61. The molecule has 12 heterocycles. The van der Waals surface area contributed by atoms with Gasteiger partial charge in [0.1, 0.15) is 0 Å². The van der Waals surface area contributed by atoms with Crippen molar-refractivity contribution >= 4 is 143 Å². The fourth-order valence-corrected chi connectivity index (χ4v) is 25.4. The van der Waals surface area contributed by atoms with Gasteiger partial charge in [-0.25, -0.2) is 0 Å². The second kappa shape index (κ2) is 35.7. The fraction of sp³-hybridized carbons (Fsp3) is 0.429. The summed E-state index contributed by atoms with van der Waals surface area (Å²) < 4.78 is 57.2. The van der Waals surface area contributed by atoms with Gasteiger partial charge in [0.2, 0.25) is 0 Å². The zero-order chi connectivity index (χ0) is 100. The molecule has 0 bridgehead atoms. The summed E-state index contributed by atoms with van der Waals surface area (Å²) in [6.07, 6.45) is 3.22. The average molecular weight is 1930 g/mol. The van der Waals surface area contributed by atoms with Crippen LogP contribution in [0.2, 0.25) is 0 Å². The van der Waals surface area contributed by atoms with Crippen molar-refractivity contribution < 1.29 is 172 Å². The highest BCUT2D eigenvalue weighted by Gasteiger charge is 2.65. The maximum Gasteiger partial charge on any atom is 0.321 e. The lowest BCUT2D eigenvalue weighted by Gasteiger charge is -2.44. The van der Waals surface area contributed by atoms with E-state index in [9.17, 15) is 115 Å². The van der Waals surface area contributed by atoms with Crippen LogP contribution in [0.25, 0.3) is 0 Å². The predicted molar refractivity (Wildman–Crippen MR) is 464 cm³/mol. The monoisotopic (exact) mass is 1930 g/mol. The molecule has 36 nitrogen and oxygen atoms in total. The lowest BCUT2D eigenvalue weighted by Crippen LogP contribution is -2.45. The standard InChI is InChI=1S/3C18H16O6.3C17H14O6/c1-8-3-4-11-9(5-8)14-10(15(20)24-17(14)22)7-18(11,2)12-6-13(19)23-16(12)21;1-2-8-3-4-9-10(5-8)11(12-7-14(19)23-16(12)20)6-13-15(9)18(22)24-17(13)21;1-2-18(12-7-13(19)23-16(12)21)8-10-14(17(22)24-15(10)20)9-5-3-4-6-11(9)18;1-7-2-3-8-9(11-6-13(18)22-15(11)19)5-12-14(10(8)4-7)17(21)23-16(12)20;1-7-2-3-8-9(4-7)10(11-6-13(18)22-15(11)19)5-12-14(8)17(21)23-16(12)20;1-17(11-6-12(18)22-15(11)20)7-9-13(16(21)23-14(9)19)8-4-2-3-5-10(8)17/h3-5,10,12,14H,6-7H2,1-2H3;3-5,11-13,15H,2,6-7H2,1H3;3-6,10,12,14H,2,7-8H2,1H3;2-4,9,11-12,14H,5-6H2,1H3;2-4,10-12,14H,5-6H2,1H3;2-5,9,11,13H,6-7H2,1H3. The molecule has 12 fully saturated rings. The first-order valence-corrected chi connectivity index (χ1v) is 46.7. The van der Waals surface area contributed by atoms with Gasteiger partial charge in [0.15, 0.2) is 0 Å². The molecule has 6 aromatic carbocycles. The van der Waals surface area contributed by atoms with E-state index >= 15 is 0 Å². The molecule has 726 valence electrons. The SMILES string of the molecule is CC1(C2CC(=O)OC2=O)CC2C(=O)OC(=O)C2c2ccccc21.CCC1(C2CC(=O)OC2=O)CC2C(=O)OC(=O)C2c2ccccc21.CCc1ccc2c(c1)C(C1CC(=O)OC1=O)CC1C(=O)OC(=O)C21.Cc1ccc2c(c1)C(C1CC(=O)OC1=O)CC1C(=O)OC(=O)C21.Cc1ccc2c(c1)C1C(=O)OC(=O)C1CC2(C)C1CC(=O)OC1=O.Cc1ccc2c(c1)C1C(=O)OC(=O)C1CC2C1CC(=O)OC1=O. The minimum Gasteiger partial charge on any atom is -0.393 e. The summed E-state index contributed by atoms with van der Waals surface area (Å²) in [4.78, 5) is 287. The van der Waals surface area contributed by atoms with Gasteiger partial charge in [0.05, 0.1) is 145 Å². The van der Waals surface area contributed by atoms with E-state index in [1.54, 1.807) is 24.3 Å². The van der Waals surface area contributed by atoms with Crippen molar-refractivity contribution in [3.05, 3.63) is 210 Å². The third-order valence-electron chi connectivity index (χ3n) is 32.1. The van der Waals surface area contributed by atoms with Gasteiger partial charge in [0, 0.05) is 16.2 Å².